The van der Waals surface area contributed by atoms with Gasteiger partial charge in [-0.25, -0.2) is 0 Å². The Balaban J connectivity index is 1.01. The molecule has 1 aromatic heterocycles. The first-order valence-corrected chi connectivity index (χ1v) is 18.6. The topological polar surface area (TPSA) is 4.93 Å². The van der Waals surface area contributed by atoms with Crippen LogP contribution in [0.4, 0.5) is 0 Å². The van der Waals surface area contributed by atoms with E-state index in [0.29, 0.717) is 0 Å². The molecule has 11 rings (SSSR count). The molecule has 1 aliphatic heterocycles. The summed E-state index contributed by atoms with van der Waals surface area (Å²) < 4.78 is 2.39. The third-order valence-corrected chi connectivity index (χ3v) is 12.9. The van der Waals surface area contributed by atoms with Crippen LogP contribution in [0.2, 0.25) is 0 Å². The van der Waals surface area contributed by atoms with Crippen molar-refractivity contribution in [2.45, 2.75) is 22.5 Å². The standard InChI is InChI=1S/C49H33NS/c1-49-44(17-10-18-45(49)41-16-7-9-20-48(41)51-49)33-24-28-47-43(30-33)40-15-6-8-19-46(40)50(47)34-25-21-31(22-26-34)32-23-27-39-37-13-3-2-11-35(37)36-12-4-5-14-38(36)42(39)29-32/h2-30,44H,1H3. The SMILES string of the molecule is CC12Sc3ccccc3C1=CC=CC2c1ccc2c(c1)c1ccccc1n2-c1ccc(-c2ccc3c4ccccc4c4ccccc4c3c2)cc1. The molecule has 0 fully saturated rings. The predicted octanol–water partition coefficient (Wildman–Crippen LogP) is 13.5. The molecule has 0 radical (unpaired) electrons. The second-order valence-corrected chi connectivity index (χ2v) is 15.7. The van der Waals surface area contributed by atoms with Gasteiger partial charge in [0.05, 0.1) is 15.8 Å². The predicted molar refractivity (Wildman–Crippen MR) is 219 cm³/mol. The minimum atomic E-state index is -0.0392. The highest BCUT2D eigenvalue weighted by molar-refractivity contribution is 8.01. The molecule has 51 heavy (non-hydrogen) atoms. The Morgan fingerprint density at radius 1 is 0.510 bits per heavy atom. The summed E-state index contributed by atoms with van der Waals surface area (Å²) in [6.45, 7) is 2.42. The Hall–Kier alpha value is -5.83. The van der Waals surface area contributed by atoms with Gasteiger partial charge >= 0.3 is 0 Å². The molecule has 2 aliphatic rings. The second kappa shape index (κ2) is 10.8. The lowest BCUT2D eigenvalue weighted by Gasteiger charge is -2.35. The largest absolute Gasteiger partial charge is 0.309 e. The molecule has 0 N–H and O–H groups in total. The molecule has 0 amide bonds. The molecule has 0 spiro atoms. The molecule has 0 saturated carbocycles. The number of hydrogen-bond donors (Lipinski definition) is 0. The minimum Gasteiger partial charge on any atom is -0.309 e. The van der Waals surface area contributed by atoms with Gasteiger partial charge in [0.2, 0.25) is 0 Å². The molecule has 9 aromatic rings. The summed E-state index contributed by atoms with van der Waals surface area (Å²) in [6, 6.07) is 58.6. The monoisotopic (exact) mass is 667 g/mol. The summed E-state index contributed by atoms with van der Waals surface area (Å²) in [4.78, 5) is 1.38. The van der Waals surface area contributed by atoms with Gasteiger partial charge in [0.1, 0.15) is 0 Å². The molecule has 240 valence electrons. The number of para-hydroxylation sites is 1. The van der Waals surface area contributed by atoms with E-state index in [4.69, 9.17) is 0 Å². The Bertz CT molecular complexity index is 2920. The fraction of sp³-hybridized carbons (Fsp3) is 0.0612. The summed E-state index contributed by atoms with van der Waals surface area (Å²) in [5.74, 6) is 0.276. The van der Waals surface area contributed by atoms with Crippen molar-refractivity contribution >= 4 is 71.5 Å². The number of hydrogen-bond acceptors (Lipinski definition) is 1. The average Bonchev–Trinajstić information content (AvgIpc) is 3.69. The van der Waals surface area contributed by atoms with E-state index in [1.165, 1.54) is 92.5 Å². The number of nitrogens with zero attached hydrogens (tertiary/aromatic N) is 1. The van der Waals surface area contributed by atoms with Crippen LogP contribution in [-0.4, -0.2) is 9.31 Å². The van der Waals surface area contributed by atoms with Gasteiger partial charge in [-0.3, -0.25) is 0 Å². The molecular weight excluding hydrogens is 635 g/mol. The molecule has 2 atom stereocenters. The quantitative estimate of drug-likeness (QED) is 0.170. The fourth-order valence-corrected chi connectivity index (χ4v) is 10.6. The van der Waals surface area contributed by atoms with E-state index in [-0.39, 0.29) is 10.7 Å². The van der Waals surface area contributed by atoms with Crippen molar-refractivity contribution in [2.24, 2.45) is 0 Å². The minimum absolute atomic E-state index is 0.0392. The molecule has 0 bridgehead atoms. The van der Waals surface area contributed by atoms with E-state index in [2.05, 4.69) is 187 Å². The number of thioether (sulfide) groups is 1. The van der Waals surface area contributed by atoms with E-state index >= 15 is 0 Å². The number of rotatable bonds is 3. The summed E-state index contributed by atoms with van der Waals surface area (Å²) >= 11 is 2.01. The zero-order valence-electron chi connectivity index (χ0n) is 28.2. The van der Waals surface area contributed by atoms with Gasteiger partial charge in [-0.2, -0.15) is 0 Å². The zero-order valence-corrected chi connectivity index (χ0v) is 29.0. The van der Waals surface area contributed by atoms with Crippen molar-refractivity contribution in [2.75, 3.05) is 0 Å². The summed E-state index contributed by atoms with van der Waals surface area (Å²) in [7, 11) is 0. The van der Waals surface area contributed by atoms with Crippen LogP contribution < -0.4 is 0 Å². The Labute approximate surface area is 301 Å². The summed E-state index contributed by atoms with van der Waals surface area (Å²) in [6.07, 6.45) is 6.99. The maximum atomic E-state index is 2.46. The summed E-state index contributed by atoms with van der Waals surface area (Å²) in [5.41, 5.74) is 10.3. The smallest absolute Gasteiger partial charge is 0.0541 e. The fourth-order valence-electron chi connectivity index (χ4n) is 9.04. The van der Waals surface area contributed by atoms with Crippen LogP contribution in [0.5, 0.6) is 0 Å². The van der Waals surface area contributed by atoms with Crippen LogP contribution in [0.1, 0.15) is 24.0 Å². The van der Waals surface area contributed by atoms with Gasteiger partial charge in [0.15, 0.2) is 0 Å². The van der Waals surface area contributed by atoms with Crippen LogP contribution in [0, 0.1) is 0 Å². The molecular formula is C49H33NS. The van der Waals surface area contributed by atoms with Crippen molar-refractivity contribution < 1.29 is 0 Å². The third kappa shape index (κ3) is 4.17. The van der Waals surface area contributed by atoms with Gasteiger partial charge in [0, 0.05) is 27.3 Å². The number of fused-ring (bicyclic) bond motifs is 12. The lowest BCUT2D eigenvalue weighted by Crippen LogP contribution is -2.28. The van der Waals surface area contributed by atoms with Crippen LogP contribution in [0.15, 0.2) is 181 Å². The van der Waals surface area contributed by atoms with Crippen molar-refractivity contribution in [1.82, 2.24) is 4.57 Å². The van der Waals surface area contributed by atoms with E-state index in [1.807, 2.05) is 11.8 Å². The zero-order chi connectivity index (χ0) is 33.7. The van der Waals surface area contributed by atoms with Crippen molar-refractivity contribution in [1.29, 1.82) is 0 Å². The maximum absolute atomic E-state index is 2.46. The maximum Gasteiger partial charge on any atom is 0.0541 e. The van der Waals surface area contributed by atoms with E-state index in [9.17, 15) is 0 Å². The van der Waals surface area contributed by atoms with Crippen LogP contribution in [0.25, 0.3) is 76.5 Å². The molecule has 8 aromatic carbocycles. The number of benzene rings is 8. The molecule has 0 saturated heterocycles. The van der Waals surface area contributed by atoms with Gasteiger partial charge in [-0.05, 0) is 110 Å². The van der Waals surface area contributed by atoms with Gasteiger partial charge in [0.25, 0.3) is 0 Å². The lowest BCUT2D eigenvalue weighted by atomic mass is 9.76. The van der Waals surface area contributed by atoms with Crippen LogP contribution >= 0.6 is 11.8 Å². The van der Waals surface area contributed by atoms with Gasteiger partial charge in [-0.1, -0.05) is 133 Å². The highest BCUT2D eigenvalue weighted by atomic mass is 32.2. The Kier molecular flexibility index (Phi) is 6.15. The third-order valence-electron chi connectivity index (χ3n) is 11.5. The lowest BCUT2D eigenvalue weighted by molar-refractivity contribution is 0.712. The summed E-state index contributed by atoms with van der Waals surface area (Å²) in [5, 5.41) is 10.4. The first-order chi connectivity index (χ1) is 25.2. The molecule has 2 unspecified atom stereocenters. The Morgan fingerprint density at radius 2 is 1.12 bits per heavy atom. The van der Waals surface area contributed by atoms with Crippen LogP contribution in [0.3, 0.4) is 0 Å². The van der Waals surface area contributed by atoms with Crippen molar-refractivity contribution in [3.63, 3.8) is 0 Å². The molecule has 1 aliphatic carbocycles. The highest BCUT2D eigenvalue weighted by Crippen LogP contribution is 2.60. The van der Waals surface area contributed by atoms with E-state index in [0.717, 1.165) is 0 Å². The van der Waals surface area contributed by atoms with Crippen LogP contribution in [-0.2, 0) is 0 Å². The van der Waals surface area contributed by atoms with Crippen molar-refractivity contribution in [3.05, 3.63) is 187 Å². The van der Waals surface area contributed by atoms with Gasteiger partial charge in [-0.15, -0.1) is 11.8 Å². The molecule has 2 heterocycles. The molecule has 1 nitrogen and oxygen atoms in total. The Morgan fingerprint density at radius 3 is 1.88 bits per heavy atom. The highest BCUT2D eigenvalue weighted by Gasteiger charge is 2.45. The molecule has 2 heteroatoms. The van der Waals surface area contributed by atoms with Gasteiger partial charge < -0.3 is 4.57 Å². The first-order valence-electron chi connectivity index (χ1n) is 17.8. The van der Waals surface area contributed by atoms with Crippen molar-refractivity contribution in [3.8, 4) is 16.8 Å². The number of allylic oxidation sites excluding steroid dienone is 3. The second-order valence-electron chi connectivity index (χ2n) is 14.2. The number of aromatic nitrogens is 1. The average molecular weight is 668 g/mol. The van der Waals surface area contributed by atoms with E-state index < -0.39 is 0 Å². The first kappa shape index (κ1) is 29.0. The van der Waals surface area contributed by atoms with E-state index in [1.54, 1.807) is 0 Å². The normalized spacial score (nSPS) is 18.1.